The Morgan fingerprint density at radius 2 is 1.36 bits per heavy atom. The van der Waals surface area contributed by atoms with Gasteiger partial charge in [-0.05, 0) is 30.3 Å². The molecule has 0 saturated heterocycles. The van der Waals surface area contributed by atoms with Crippen LogP contribution in [0.15, 0.2) is 84.9 Å². The zero-order valence-electron chi connectivity index (χ0n) is 13.5. The molecule has 0 saturated carbocycles. The number of hydrogen-bond acceptors (Lipinski definition) is 1. The Balaban J connectivity index is 1.74. The highest BCUT2D eigenvalue weighted by Gasteiger charge is 2.16. The maximum absolute atomic E-state index is 4.91. The fourth-order valence-corrected chi connectivity index (χ4v) is 4.01. The van der Waals surface area contributed by atoms with E-state index >= 15 is 0 Å². The lowest BCUT2D eigenvalue weighted by atomic mass is 10.1. The van der Waals surface area contributed by atoms with Gasteiger partial charge in [-0.3, -0.25) is 0 Å². The molecular formula is C23H14N2. The van der Waals surface area contributed by atoms with Gasteiger partial charge in [-0.15, -0.1) is 0 Å². The van der Waals surface area contributed by atoms with Crippen LogP contribution in [0.2, 0.25) is 0 Å². The Hall–Kier alpha value is -3.39. The molecule has 0 aliphatic carbocycles. The van der Waals surface area contributed by atoms with Crippen LogP contribution in [0.4, 0.5) is 0 Å². The molecule has 2 aromatic carbocycles. The molecule has 0 aliphatic rings. The third kappa shape index (κ3) is 1.66. The van der Waals surface area contributed by atoms with E-state index in [4.69, 9.17) is 4.98 Å². The first-order chi connectivity index (χ1) is 12.4. The highest BCUT2D eigenvalue weighted by atomic mass is 14.9. The summed E-state index contributed by atoms with van der Waals surface area (Å²) in [5.74, 6) is 0. The smallest absolute Gasteiger partial charge is 0.0731 e. The second-order valence-corrected chi connectivity index (χ2v) is 6.51. The lowest BCUT2D eigenvalue weighted by molar-refractivity contribution is 1.35. The summed E-state index contributed by atoms with van der Waals surface area (Å²) < 4.78 is 2.36. The van der Waals surface area contributed by atoms with E-state index in [9.17, 15) is 0 Å². The fourth-order valence-electron chi connectivity index (χ4n) is 4.01. The minimum atomic E-state index is 1.03. The van der Waals surface area contributed by atoms with Crippen LogP contribution in [-0.2, 0) is 0 Å². The van der Waals surface area contributed by atoms with Crippen LogP contribution in [0.3, 0.4) is 0 Å². The van der Waals surface area contributed by atoms with E-state index in [1.54, 1.807) is 0 Å². The summed E-state index contributed by atoms with van der Waals surface area (Å²) in [6.07, 6.45) is 0. The molecule has 6 rings (SSSR count). The number of fused-ring (bicyclic) bond motifs is 4. The minimum Gasteiger partial charge on any atom is -0.309 e. The van der Waals surface area contributed by atoms with Gasteiger partial charge in [0.2, 0.25) is 0 Å². The van der Waals surface area contributed by atoms with Crippen LogP contribution < -0.4 is 0 Å². The molecule has 4 heterocycles. The Labute approximate surface area is 144 Å². The molecule has 0 atom stereocenters. The molecule has 0 amide bonds. The van der Waals surface area contributed by atoms with Gasteiger partial charge in [0.05, 0.1) is 27.8 Å². The Morgan fingerprint density at radius 1 is 0.600 bits per heavy atom. The standard InChI is InChI=1S/C23H14N2/c1-4-9-19-15(6-1)12-13-20(24-19)18-14-23-17-8-3-2-7-16(17)21-10-5-11-22(18)25(21)23/h1-14H. The van der Waals surface area contributed by atoms with E-state index in [-0.39, 0.29) is 0 Å². The Kier molecular flexibility index (Phi) is 2.37. The number of benzene rings is 2. The van der Waals surface area contributed by atoms with Crippen molar-refractivity contribution < 1.29 is 0 Å². The van der Waals surface area contributed by atoms with Gasteiger partial charge < -0.3 is 4.40 Å². The second kappa shape index (κ2) is 4.58. The van der Waals surface area contributed by atoms with Crippen molar-refractivity contribution in [1.29, 1.82) is 0 Å². The average Bonchev–Trinajstić information content (AvgIpc) is 3.22. The van der Waals surface area contributed by atoms with E-state index in [1.807, 2.05) is 6.07 Å². The van der Waals surface area contributed by atoms with Crippen molar-refractivity contribution >= 4 is 38.2 Å². The predicted octanol–water partition coefficient (Wildman–Crippen LogP) is 5.90. The minimum absolute atomic E-state index is 1.03. The van der Waals surface area contributed by atoms with Crippen LogP contribution in [0.1, 0.15) is 0 Å². The molecule has 0 unspecified atom stereocenters. The van der Waals surface area contributed by atoms with Gasteiger partial charge in [-0.2, -0.15) is 0 Å². The molecule has 0 aliphatic heterocycles. The van der Waals surface area contributed by atoms with Crippen LogP contribution in [0.5, 0.6) is 0 Å². The Morgan fingerprint density at radius 3 is 2.28 bits per heavy atom. The first-order valence-electron chi connectivity index (χ1n) is 8.50. The number of para-hydroxylation sites is 1. The number of hydrogen-bond donors (Lipinski definition) is 0. The topological polar surface area (TPSA) is 17.3 Å². The lowest BCUT2D eigenvalue weighted by Crippen LogP contribution is -1.86. The normalized spacial score (nSPS) is 12.0. The molecule has 0 radical (unpaired) electrons. The van der Waals surface area contributed by atoms with Crippen molar-refractivity contribution in [3.8, 4) is 11.3 Å². The summed E-state index contributed by atoms with van der Waals surface area (Å²) in [6, 6.07) is 30.0. The van der Waals surface area contributed by atoms with Gasteiger partial charge in [0, 0.05) is 21.7 Å². The third-order valence-corrected chi connectivity index (χ3v) is 5.14. The fraction of sp³-hybridized carbons (Fsp3) is 0. The molecule has 0 bridgehead atoms. The van der Waals surface area contributed by atoms with E-state index in [0.29, 0.717) is 0 Å². The number of aromatic nitrogens is 2. The largest absolute Gasteiger partial charge is 0.309 e. The predicted molar refractivity (Wildman–Crippen MR) is 104 cm³/mol. The van der Waals surface area contributed by atoms with Gasteiger partial charge in [-0.1, -0.05) is 54.6 Å². The van der Waals surface area contributed by atoms with Gasteiger partial charge in [0.25, 0.3) is 0 Å². The molecular weight excluding hydrogens is 304 g/mol. The monoisotopic (exact) mass is 318 g/mol. The highest BCUT2D eigenvalue weighted by Crippen LogP contribution is 2.37. The van der Waals surface area contributed by atoms with Crippen LogP contribution in [-0.4, -0.2) is 9.38 Å². The quantitative estimate of drug-likeness (QED) is 0.369. The van der Waals surface area contributed by atoms with Crippen LogP contribution >= 0.6 is 0 Å². The van der Waals surface area contributed by atoms with Gasteiger partial charge >= 0.3 is 0 Å². The van der Waals surface area contributed by atoms with E-state index in [1.165, 1.54) is 38.3 Å². The number of pyridine rings is 2. The van der Waals surface area contributed by atoms with Crippen LogP contribution in [0.25, 0.3) is 49.5 Å². The summed E-state index contributed by atoms with van der Waals surface area (Å²) in [4.78, 5) is 4.91. The average molecular weight is 318 g/mol. The molecule has 0 spiro atoms. The molecule has 6 aromatic rings. The summed E-state index contributed by atoms with van der Waals surface area (Å²) >= 11 is 0. The van der Waals surface area contributed by atoms with Gasteiger partial charge in [0.15, 0.2) is 0 Å². The van der Waals surface area contributed by atoms with Crippen molar-refractivity contribution in [1.82, 2.24) is 9.38 Å². The van der Waals surface area contributed by atoms with Crippen molar-refractivity contribution in [3.05, 3.63) is 84.9 Å². The van der Waals surface area contributed by atoms with E-state index < -0.39 is 0 Å². The maximum atomic E-state index is 4.91. The SMILES string of the molecule is c1ccc2nc(-c3cc4c5ccccc5c5cccc3n54)ccc2c1. The molecule has 2 heteroatoms. The zero-order valence-corrected chi connectivity index (χ0v) is 13.5. The highest BCUT2D eigenvalue weighted by molar-refractivity contribution is 6.12. The first kappa shape index (κ1) is 13.0. The van der Waals surface area contributed by atoms with Crippen molar-refractivity contribution in [2.24, 2.45) is 0 Å². The molecule has 0 fully saturated rings. The number of rotatable bonds is 1. The summed E-state index contributed by atoms with van der Waals surface area (Å²) in [7, 11) is 0. The van der Waals surface area contributed by atoms with Gasteiger partial charge in [0.1, 0.15) is 0 Å². The maximum Gasteiger partial charge on any atom is 0.0731 e. The third-order valence-electron chi connectivity index (χ3n) is 5.14. The van der Waals surface area contributed by atoms with E-state index in [2.05, 4.69) is 83.3 Å². The Bertz CT molecular complexity index is 1390. The van der Waals surface area contributed by atoms with Crippen LogP contribution in [0, 0.1) is 0 Å². The van der Waals surface area contributed by atoms with Crippen molar-refractivity contribution in [2.75, 3.05) is 0 Å². The molecule has 0 N–H and O–H groups in total. The van der Waals surface area contributed by atoms with E-state index in [0.717, 1.165) is 11.2 Å². The van der Waals surface area contributed by atoms with Crippen molar-refractivity contribution in [2.45, 2.75) is 0 Å². The molecule has 25 heavy (non-hydrogen) atoms. The second-order valence-electron chi connectivity index (χ2n) is 6.51. The first-order valence-corrected chi connectivity index (χ1v) is 8.50. The molecule has 116 valence electrons. The number of nitrogens with zero attached hydrogens (tertiary/aromatic N) is 2. The summed E-state index contributed by atoms with van der Waals surface area (Å²) in [5, 5.41) is 3.78. The zero-order chi connectivity index (χ0) is 16.4. The summed E-state index contributed by atoms with van der Waals surface area (Å²) in [5.41, 5.74) is 6.98. The lowest BCUT2D eigenvalue weighted by Gasteiger charge is -2.03. The summed E-state index contributed by atoms with van der Waals surface area (Å²) in [6.45, 7) is 0. The molecule has 4 aromatic heterocycles. The van der Waals surface area contributed by atoms with Gasteiger partial charge in [-0.25, -0.2) is 4.98 Å². The van der Waals surface area contributed by atoms with Crippen molar-refractivity contribution in [3.63, 3.8) is 0 Å². The molecule has 2 nitrogen and oxygen atoms in total.